The summed E-state index contributed by atoms with van der Waals surface area (Å²) < 4.78 is 5.59. The lowest BCUT2D eigenvalue weighted by Crippen LogP contribution is -2.34. The Hall–Kier alpha value is -2.20. The molecule has 0 unspecified atom stereocenters. The lowest BCUT2D eigenvalue weighted by molar-refractivity contribution is 0.0937. The summed E-state index contributed by atoms with van der Waals surface area (Å²) in [6, 6.07) is 12.7. The first kappa shape index (κ1) is 20.1. The van der Waals surface area contributed by atoms with Crippen molar-refractivity contribution in [2.24, 2.45) is 0 Å². The molecule has 0 spiro atoms. The van der Waals surface area contributed by atoms with Crippen molar-refractivity contribution >= 4 is 17.5 Å². The summed E-state index contributed by atoms with van der Waals surface area (Å²) in [4.78, 5) is 12.5. The quantitative estimate of drug-likeness (QED) is 0.608. The number of carbonyl (C=O) groups is 1. The first-order valence-electron chi connectivity index (χ1n) is 9.01. The highest BCUT2D eigenvalue weighted by molar-refractivity contribution is 6.32. The van der Waals surface area contributed by atoms with E-state index in [0.29, 0.717) is 23.8 Å². The van der Waals surface area contributed by atoms with Crippen molar-refractivity contribution in [1.82, 2.24) is 5.32 Å². The highest BCUT2D eigenvalue weighted by Gasteiger charge is 2.17. The highest BCUT2D eigenvalue weighted by Crippen LogP contribution is 2.32. The second kappa shape index (κ2) is 10.1. The molecule has 0 radical (unpaired) electrons. The SMILES string of the molecule is CCCCCOc1cc(O)c(C(=O)N[C@H](C)Cc2ccccc2)cc1Cl. The fourth-order valence-electron chi connectivity index (χ4n) is 2.69. The summed E-state index contributed by atoms with van der Waals surface area (Å²) in [7, 11) is 0. The second-order valence-electron chi connectivity index (χ2n) is 6.42. The van der Waals surface area contributed by atoms with E-state index in [1.54, 1.807) is 0 Å². The number of rotatable bonds is 9. The summed E-state index contributed by atoms with van der Waals surface area (Å²) in [5.41, 5.74) is 1.29. The number of unbranched alkanes of at least 4 members (excludes halogenated alkanes) is 2. The number of carbonyl (C=O) groups excluding carboxylic acids is 1. The van der Waals surface area contributed by atoms with Crippen LogP contribution in [0.1, 0.15) is 49.0 Å². The summed E-state index contributed by atoms with van der Waals surface area (Å²) in [6.07, 6.45) is 3.80. The van der Waals surface area contributed by atoms with Gasteiger partial charge >= 0.3 is 0 Å². The van der Waals surface area contributed by atoms with Crippen molar-refractivity contribution in [3.05, 3.63) is 58.6 Å². The highest BCUT2D eigenvalue weighted by atomic mass is 35.5. The fourth-order valence-corrected chi connectivity index (χ4v) is 2.91. The average molecular weight is 376 g/mol. The molecule has 2 rings (SSSR count). The topological polar surface area (TPSA) is 58.6 Å². The van der Waals surface area contributed by atoms with E-state index < -0.39 is 0 Å². The molecule has 0 heterocycles. The van der Waals surface area contributed by atoms with Crippen molar-refractivity contribution in [2.75, 3.05) is 6.61 Å². The van der Waals surface area contributed by atoms with Gasteiger partial charge in [-0.15, -0.1) is 0 Å². The molecule has 140 valence electrons. The van der Waals surface area contributed by atoms with E-state index in [0.717, 1.165) is 24.8 Å². The Bertz CT molecular complexity index is 719. The number of phenolic OH excluding ortho intramolecular Hbond substituents is 1. The minimum absolute atomic E-state index is 0.0759. The van der Waals surface area contributed by atoms with Crippen LogP contribution in [0, 0.1) is 0 Å². The Morgan fingerprint density at radius 1 is 1.23 bits per heavy atom. The van der Waals surface area contributed by atoms with Gasteiger partial charge in [-0.05, 0) is 31.4 Å². The molecule has 2 aromatic carbocycles. The Morgan fingerprint density at radius 2 is 1.96 bits per heavy atom. The Kier molecular flexibility index (Phi) is 7.79. The zero-order chi connectivity index (χ0) is 18.9. The van der Waals surface area contributed by atoms with E-state index in [1.165, 1.54) is 12.1 Å². The minimum Gasteiger partial charge on any atom is -0.507 e. The third kappa shape index (κ3) is 5.95. The standard InChI is InChI=1S/C21H26ClNO3/c1-3-4-8-11-26-20-14-19(24)17(13-18(20)22)21(25)23-15(2)12-16-9-6-5-7-10-16/h5-7,9-10,13-15,24H,3-4,8,11-12H2,1-2H3,(H,23,25)/t15-/m1/s1. The molecule has 0 aromatic heterocycles. The van der Waals surface area contributed by atoms with Crippen LogP contribution in [0.4, 0.5) is 0 Å². The van der Waals surface area contributed by atoms with Crippen LogP contribution in [0.5, 0.6) is 11.5 Å². The lowest BCUT2D eigenvalue weighted by atomic mass is 10.1. The molecule has 0 saturated heterocycles. The average Bonchev–Trinajstić information content (AvgIpc) is 2.61. The third-order valence-corrected chi connectivity index (χ3v) is 4.36. The van der Waals surface area contributed by atoms with Crippen molar-refractivity contribution in [2.45, 2.75) is 45.6 Å². The number of ether oxygens (including phenoxy) is 1. The van der Waals surface area contributed by atoms with Crippen LogP contribution in [0.15, 0.2) is 42.5 Å². The van der Waals surface area contributed by atoms with Gasteiger partial charge in [-0.1, -0.05) is 61.7 Å². The number of benzene rings is 2. The van der Waals surface area contributed by atoms with Crippen molar-refractivity contribution in [3.8, 4) is 11.5 Å². The number of amides is 1. The number of halogens is 1. The van der Waals surface area contributed by atoms with E-state index in [2.05, 4.69) is 12.2 Å². The summed E-state index contributed by atoms with van der Waals surface area (Å²) in [6.45, 7) is 4.58. The van der Waals surface area contributed by atoms with Crippen LogP contribution in [0.2, 0.25) is 5.02 Å². The normalized spacial score (nSPS) is 11.8. The van der Waals surface area contributed by atoms with Gasteiger partial charge in [0.1, 0.15) is 11.5 Å². The van der Waals surface area contributed by atoms with E-state index in [9.17, 15) is 9.90 Å². The molecule has 2 aromatic rings. The molecular formula is C21H26ClNO3. The second-order valence-corrected chi connectivity index (χ2v) is 6.83. The maximum Gasteiger partial charge on any atom is 0.255 e. The van der Waals surface area contributed by atoms with Crippen LogP contribution in [0.25, 0.3) is 0 Å². The molecule has 5 heteroatoms. The van der Waals surface area contributed by atoms with Gasteiger partial charge in [0.25, 0.3) is 5.91 Å². The van der Waals surface area contributed by atoms with Crippen LogP contribution in [-0.2, 0) is 6.42 Å². The molecule has 0 aliphatic rings. The zero-order valence-electron chi connectivity index (χ0n) is 15.3. The largest absolute Gasteiger partial charge is 0.507 e. The first-order valence-corrected chi connectivity index (χ1v) is 9.39. The number of nitrogens with one attached hydrogen (secondary N) is 1. The van der Waals surface area contributed by atoms with Crippen LogP contribution in [0.3, 0.4) is 0 Å². The van der Waals surface area contributed by atoms with Gasteiger partial charge < -0.3 is 15.2 Å². The van der Waals surface area contributed by atoms with Gasteiger partial charge in [0.05, 0.1) is 17.2 Å². The van der Waals surface area contributed by atoms with Gasteiger partial charge in [0.2, 0.25) is 0 Å². The van der Waals surface area contributed by atoms with Gasteiger partial charge in [0.15, 0.2) is 0 Å². The molecule has 0 aliphatic carbocycles. The van der Waals surface area contributed by atoms with E-state index in [1.807, 2.05) is 37.3 Å². The predicted octanol–water partition coefficient (Wildman–Crippen LogP) is 4.98. The molecule has 1 atom stereocenters. The monoisotopic (exact) mass is 375 g/mol. The summed E-state index contributed by atoms with van der Waals surface area (Å²) in [5.74, 6) is -0.0937. The molecule has 0 fully saturated rings. The molecule has 2 N–H and O–H groups in total. The fraction of sp³-hybridized carbons (Fsp3) is 0.381. The van der Waals surface area contributed by atoms with E-state index in [-0.39, 0.29) is 23.3 Å². The minimum atomic E-state index is -0.356. The summed E-state index contributed by atoms with van der Waals surface area (Å²) in [5, 5.41) is 13.4. The third-order valence-electron chi connectivity index (χ3n) is 4.06. The van der Waals surface area contributed by atoms with Crippen LogP contribution in [-0.4, -0.2) is 23.7 Å². The lowest BCUT2D eigenvalue weighted by Gasteiger charge is -2.16. The zero-order valence-corrected chi connectivity index (χ0v) is 16.1. The molecule has 0 saturated carbocycles. The molecule has 1 amide bonds. The molecule has 26 heavy (non-hydrogen) atoms. The first-order chi connectivity index (χ1) is 12.5. The summed E-state index contributed by atoms with van der Waals surface area (Å²) >= 11 is 6.21. The van der Waals surface area contributed by atoms with Crippen molar-refractivity contribution in [3.63, 3.8) is 0 Å². The predicted molar refractivity (Wildman–Crippen MR) is 105 cm³/mol. The Morgan fingerprint density at radius 3 is 2.65 bits per heavy atom. The van der Waals surface area contributed by atoms with Gasteiger partial charge in [-0.25, -0.2) is 0 Å². The number of phenols is 1. The maximum atomic E-state index is 12.5. The van der Waals surface area contributed by atoms with Gasteiger partial charge in [-0.3, -0.25) is 4.79 Å². The number of aromatic hydroxyl groups is 1. The van der Waals surface area contributed by atoms with E-state index >= 15 is 0 Å². The molecular weight excluding hydrogens is 350 g/mol. The molecule has 0 aliphatic heterocycles. The Labute approximate surface area is 160 Å². The molecule has 0 bridgehead atoms. The van der Waals surface area contributed by atoms with E-state index in [4.69, 9.17) is 16.3 Å². The Balaban J connectivity index is 1.98. The van der Waals surface area contributed by atoms with Gasteiger partial charge in [0, 0.05) is 12.1 Å². The van der Waals surface area contributed by atoms with Crippen molar-refractivity contribution < 1.29 is 14.6 Å². The van der Waals surface area contributed by atoms with Crippen LogP contribution >= 0.6 is 11.6 Å². The van der Waals surface area contributed by atoms with Gasteiger partial charge in [-0.2, -0.15) is 0 Å². The number of hydrogen-bond donors (Lipinski definition) is 2. The van der Waals surface area contributed by atoms with Crippen molar-refractivity contribution in [1.29, 1.82) is 0 Å². The number of hydrogen-bond acceptors (Lipinski definition) is 3. The maximum absolute atomic E-state index is 12.5. The van der Waals surface area contributed by atoms with Crippen LogP contribution < -0.4 is 10.1 Å². The molecule has 4 nitrogen and oxygen atoms in total. The smallest absolute Gasteiger partial charge is 0.255 e.